The fraction of sp³-hybridized carbons (Fsp3) is 0.0667. The van der Waals surface area contributed by atoms with E-state index < -0.39 is 0 Å². The molecule has 2 N–H and O–H groups in total. The van der Waals surface area contributed by atoms with Crippen molar-refractivity contribution in [1.29, 1.82) is 0 Å². The topological polar surface area (TPSA) is 74.6 Å². The Balaban J connectivity index is 2.51. The molecule has 0 aliphatic rings. The molecule has 0 radical (unpaired) electrons. The van der Waals surface area contributed by atoms with Gasteiger partial charge in [0.2, 0.25) is 0 Å². The van der Waals surface area contributed by atoms with Crippen molar-refractivity contribution in [1.82, 2.24) is 9.61 Å². The lowest BCUT2D eigenvalue weighted by atomic mass is 10.1. The number of aromatic amines is 1. The van der Waals surface area contributed by atoms with E-state index in [0.717, 1.165) is 11.1 Å². The van der Waals surface area contributed by atoms with Gasteiger partial charge in [-0.2, -0.15) is 0 Å². The van der Waals surface area contributed by atoms with Gasteiger partial charge in [0, 0.05) is 10.7 Å². The summed E-state index contributed by atoms with van der Waals surface area (Å²) in [5.74, 6) is -0.244. The summed E-state index contributed by atoms with van der Waals surface area (Å²) in [6.45, 7) is 0. The standard InChI is InChI=1S/C15H9BrN2O3/c16-6-8-7-4-5-11(20)13-14(7)18(17-8)9-2-1-3-10(19)12(9)15(13)21/h1-5,17,21H,6H2. The minimum atomic E-state index is -0.311. The molecule has 0 bridgehead atoms. The van der Waals surface area contributed by atoms with Gasteiger partial charge in [0.05, 0.1) is 27.5 Å². The fourth-order valence-corrected chi connectivity index (χ4v) is 3.31. The smallest absolute Gasteiger partial charge is 0.191 e. The Morgan fingerprint density at radius 2 is 1.86 bits per heavy atom. The molecule has 0 saturated heterocycles. The van der Waals surface area contributed by atoms with E-state index in [9.17, 15) is 14.7 Å². The van der Waals surface area contributed by atoms with E-state index in [4.69, 9.17) is 0 Å². The lowest BCUT2D eigenvalue weighted by molar-refractivity contribution is 0.486. The van der Waals surface area contributed by atoms with Crippen LogP contribution in [0.15, 0.2) is 39.9 Å². The van der Waals surface area contributed by atoms with Crippen LogP contribution in [-0.2, 0) is 5.33 Å². The lowest BCUT2D eigenvalue weighted by Crippen LogP contribution is -2.07. The molecule has 2 aromatic heterocycles. The average molecular weight is 345 g/mol. The number of hydrogen-bond acceptors (Lipinski definition) is 3. The maximum Gasteiger partial charge on any atom is 0.191 e. The highest BCUT2D eigenvalue weighted by molar-refractivity contribution is 9.08. The van der Waals surface area contributed by atoms with Crippen LogP contribution >= 0.6 is 15.9 Å². The van der Waals surface area contributed by atoms with Gasteiger partial charge < -0.3 is 5.11 Å². The van der Waals surface area contributed by atoms with E-state index in [1.54, 1.807) is 22.7 Å². The first kappa shape index (κ1) is 12.4. The number of aromatic nitrogens is 2. The third-order valence-electron chi connectivity index (χ3n) is 3.79. The van der Waals surface area contributed by atoms with Gasteiger partial charge in [-0.3, -0.25) is 19.2 Å². The summed E-state index contributed by atoms with van der Waals surface area (Å²) in [7, 11) is 0. The first-order valence-corrected chi connectivity index (χ1v) is 7.45. The Hall–Kier alpha value is -2.34. The van der Waals surface area contributed by atoms with Crippen molar-refractivity contribution in [2.24, 2.45) is 0 Å². The molecule has 0 spiro atoms. The highest BCUT2D eigenvalue weighted by atomic mass is 79.9. The summed E-state index contributed by atoms with van der Waals surface area (Å²) in [5, 5.41) is 15.4. The predicted octanol–water partition coefficient (Wildman–Crippen LogP) is 2.33. The van der Waals surface area contributed by atoms with Gasteiger partial charge in [-0.1, -0.05) is 22.0 Å². The zero-order valence-corrected chi connectivity index (χ0v) is 12.3. The summed E-state index contributed by atoms with van der Waals surface area (Å²) in [4.78, 5) is 24.2. The van der Waals surface area contributed by atoms with Crippen LogP contribution in [0.5, 0.6) is 5.75 Å². The fourth-order valence-electron chi connectivity index (χ4n) is 2.88. The molecule has 4 rings (SSSR count). The van der Waals surface area contributed by atoms with Crippen LogP contribution < -0.4 is 10.9 Å². The van der Waals surface area contributed by atoms with E-state index >= 15 is 0 Å². The molecule has 2 heterocycles. The van der Waals surface area contributed by atoms with Gasteiger partial charge in [-0.15, -0.1) is 0 Å². The van der Waals surface area contributed by atoms with Crippen molar-refractivity contribution in [2.75, 3.05) is 0 Å². The van der Waals surface area contributed by atoms with Crippen LogP contribution in [0.2, 0.25) is 0 Å². The number of halogens is 1. The Bertz CT molecular complexity index is 1130. The summed E-state index contributed by atoms with van der Waals surface area (Å²) in [5.41, 5.74) is 1.42. The van der Waals surface area contributed by atoms with E-state index in [1.165, 1.54) is 12.1 Å². The quantitative estimate of drug-likeness (QED) is 0.411. The molecular weight excluding hydrogens is 336 g/mol. The number of aromatic hydroxyl groups is 1. The number of rotatable bonds is 1. The molecule has 104 valence electrons. The molecule has 0 aliphatic carbocycles. The van der Waals surface area contributed by atoms with Crippen molar-refractivity contribution < 1.29 is 5.11 Å². The first-order chi connectivity index (χ1) is 10.1. The number of pyridine rings is 1. The molecule has 4 aromatic rings. The van der Waals surface area contributed by atoms with Crippen LogP contribution in [0.1, 0.15) is 5.69 Å². The maximum atomic E-state index is 12.2. The van der Waals surface area contributed by atoms with Crippen molar-refractivity contribution in [3.63, 3.8) is 0 Å². The SMILES string of the molecule is O=c1cccc2c1c(O)c1c(=O)ccc3c(CBr)[nH]n2c31. The van der Waals surface area contributed by atoms with E-state index in [-0.39, 0.29) is 27.4 Å². The normalized spacial score (nSPS) is 11.9. The van der Waals surface area contributed by atoms with Gasteiger partial charge in [-0.05, 0) is 24.3 Å². The summed E-state index contributed by atoms with van der Waals surface area (Å²) in [6.07, 6.45) is 0. The van der Waals surface area contributed by atoms with Gasteiger partial charge in [0.15, 0.2) is 10.9 Å². The van der Waals surface area contributed by atoms with E-state index in [2.05, 4.69) is 21.0 Å². The highest BCUT2D eigenvalue weighted by Gasteiger charge is 2.19. The molecule has 6 heteroatoms. The molecule has 2 aromatic carbocycles. The van der Waals surface area contributed by atoms with Crippen LogP contribution in [0.4, 0.5) is 0 Å². The Morgan fingerprint density at radius 3 is 2.62 bits per heavy atom. The number of alkyl halides is 1. The Morgan fingerprint density at radius 1 is 1.10 bits per heavy atom. The molecule has 0 saturated carbocycles. The summed E-state index contributed by atoms with van der Waals surface area (Å²) >= 11 is 3.40. The summed E-state index contributed by atoms with van der Waals surface area (Å²) in [6, 6.07) is 7.88. The minimum Gasteiger partial charge on any atom is -0.506 e. The lowest BCUT2D eigenvalue weighted by Gasteiger charge is -2.07. The number of hydrogen-bond donors (Lipinski definition) is 2. The molecule has 5 nitrogen and oxygen atoms in total. The maximum absolute atomic E-state index is 12.2. The number of nitrogens with one attached hydrogen (secondary N) is 1. The van der Waals surface area contributed by atoms with Crippen molar-refractivity contribution >= 4 is 43.1 Å². The molecule has 0 unspecified atom stereocenters. The van der Waals surface area contributed by atoms with Gasteiger partial charge in [0.25, 0.3) is 0 Å². The second-order valence-corrected chi connectivity index (χ2v) is 5.45. The van der Waals surface area contributed by atoms with E-state index in [0.29, 0.717) is 16.4 Å². The average Bonchev–Trinajstić information content (AvgIpc) is 2.84. The van der Waals surface area contributed by atoms with Crippen molar-refractivity contribution in [3.05, 3.63) is 56.5 Å². The van der Waals surface area contributed by atoms with Gasteiger partial charge >= 0.3 is 0 Å². The third kappa shape index (κ3) is 1.45. The Labute approximate surface area is 125 Å². The monoisotopic (exact) mass is 344 g/mol. The number of fused-ring (bicyclic) bond motifs is 2. The van der Waals surface area contributed by atoms with Crippen LogP contribution in [0.25, 0.3) is 27.2 Å². The minimum absolute atomic E-state index is 0.155. The number of H-pyrrole nitrogens is 1. The second kappa shape index (κ2) is 4.08. The molecule has 0 amide bonds. The van der Waals surface area contributed by atoms with Crippen molar-refractivity contribution in [2.45, 2.75) is 5.33 Å². The predicted molar refractivity (Wildman–Crippen MR) is 84.8 cm³/mol. The first-order valence-electron chi connectivity index (χ1n) is 6.33. The van der Waals surface area contributed by atoms with E-state index in [1.807, 2.05) is 0 Å². The van der Waals surface area contributed by atoms with Crippen molar-refractivity contribution in [3.8, 4) is 5.75 Å². The molecule has 21 heavy (non-hydrogen) atoms. The molecule has 0 fully saturated rings. The number of nitrogens with zero attached hydrogens (tertiary/aromatic N) is 1. The summed E-state index contributed by atoms with van der Waals surface area (Å²) < 4.78 is 1.69. The molecule has 0 aliphatic heterocycles. The van der Waals surface area contributed by atoms with Crippen LogP contribution in [-0.4, -0.2) is 14.7 Å². The number of benzene rings is 2. The Kier molecular flexibility index (Phi) is 2.41. The molecule has 0 atom stereocenters. The largest absolute Gasteiger partial charge is 0.506 e. The zero-order valence-electron chi connectivity index (χ0n) is 10.7. The van der Waals surface area contributed by atoms with Gasteiger partial charge in [0.1, 0.15) is 5.75 Å². The van der Waals surface area contributed by atoms with Gasteiger partial charge in [-0.25, -0.2) is 0 Å². The third-order valence-corrected chi connectivity index (χ3v) is 4.35. The highest BCUT2D eigenvalue weighted by Crippen LogP contribution is 2.33. The molecular formula is C15H9BrN2O3. The second-order valence-electron chi connectivity index (χ2n) is 4.89. The zero-order chi connectivity index (χ0) is 14.7. The van der Waals surface area contributed by atoms with Crippen LogP contribution in [0.3, 0.4) is 0 Å². The van der Waals surface area contributed by atoms with Crippen LogP contribution in [0, 0.1) is 0 Å².